The third kappa shape index (κ3) is 3.70. The van der Waals surface area contributed by atoms with E-state index >= 15 is 0 Å². The fraction of sp³-hybridized carbons (Fsp3) is 1.00. The van der Waals surface area contributed by atoms with Crippen molar-refractivity contribution < 1.29 is 17.9 Å². The molecule has 0 spiro atoms. The van der Waals surface area contributed by atoms with Crippen LogP contribution >= 0.6 is 12.4 Å². The number of ether oxygens (including phenoxy) is 1. The minimum atomic E-state index is -4.26. The smallest absolute Gasteiger partial charge is 0.381 e. The molecule has 0 aromatic heterocycles. The van der Waals surface area contributed by atoms with Gasteiger partial charge in [-0.1, -0.05) is 0 Å². The number of nitrogens with two attached hydrogens (primary N) is 1. The maximum absolute atomic E-state index is 12.1. The van der Waals surface area contributed by atoms with Crippen LogP contribution in [-0.2, 0) is 4.74 Å². The van der Waals surface area contributed by atoms with Crippen molar-refractivity contribution in [2.45, 2.75) is 25.1 Å². The highest BCUT2D eigenvalue weighted by atomic mass is 35.5. The number of rotatable bonds is 1. The maximum atomic E-state index is 12.1. The monoisotopic (exact) mass is 219 g/mol. The Morgan fingerprint density at radius 3 is 2.08 bits per heavy atom. The van der Waals surface area contributed by atoms with Crippen molar-refractivity contribution in [2.75, 3.05) is 13.2 Å². The Balaban J connectivity index is 0.00000144. The molecule has 1 saturated heterocycles. The zero-order chi connectivity index (χ0) is 9.19. The Morgan fingerprint density at radius 2 is 1.69 bits per heavy atom. The number of hydrogen-bond donors (Lipinski definition) is 1. The summed E-state index contributed by atoms with van der Waals surface area (Å²) >= 11 is 0. The van der Waals surface area contributed by atoms with Crippen LogP contribution in [0, 0.1) is 5.92 Å². The summed E-state index contributed by atoms with van der Waals surface area (Å²) in [5.74, 6) is -0.459. The second-order valence-corrected chi connectivity index (χ2v) is 3.02. The first-order valence-corrected chi connectivity index (χ1v) is 3.92. The largest absolute Gasteiger partial charge is 0.403 e. The molecule has 1 heterocycles. The second-order valence-electron chi connectivity index (χ2n) is 3.02. The zero-order valence-electron chi connectivity index (χ0n) is 7.01. The van der Waals surface area contributed by atoms with E-state index in [9.17, 15) is 13.2 Å². The zero-order valence-corrected chi connectivity index (χ0v) is 7.83. The molecule has 13 heavy (non-hydrogen) atoms. The van der Waals surface area contributed by atoms with Gasteiger partial charge in [0.05, 0.1) is 0 Å². The van der Waals surface area contributed by atoms with Gasteiger partial charge in [-0.25, -0.2) is 0 Å². The van der Waals surface area contributed by atoms with Crippen LogP contribution in [0.3, 0.4) is 0 Å². The summed E-state index contributed by atoms with van der Waals surface area (Å²) in [5, 5.41) is 0. The molecule has 0 bridgehead atoms. The van der Waals surface area contributed by atoms with E-state index in [1.54, 1.807) is 0 Å². The maximum Gasteiger partial charge on any atom is 0.403 e. The molecule has 1 rings (SSSR count). The summed E-state index contributed by atoms with van der Waals surface area (Å²) in [5.41, 5.74) is 5.04. The van der Waals surface area contributed by atoms with E-state index in [0.29, 0.717) is 26.1 Å². The number of halogens is 4. The van der Waals surface area contributed by atoms with Crippen molar-refractivity contribution in [2.24, 2.45) is 11.7 Å². The molecule has 0 saturated carbocycles. The van der Waals surface area contributed by atoms with Crippen LogP contribution in [0.2, 0.25) is 0 Å². The van der Waals surface area contributed by atoms with Crippen molar-refractivity contribution in [1.82, 2.24) is 0 Å². The summed E-state index contributed by atoms with van der Waals surface area (Å²) < 4.78 is 41.1. The van der Waals surface area contributed by atoms with Crippen molar-refractivity contribution in [3.63, 3.8) is 0 Å². The molecule has 2 N–H and O–H groups in total. The Hall–Kier alpha value is -0.0000000000000000555. The SMILES string of the molecule is Cl.N[C@H](C1CCOCC1)C(F)(F)F. The van der Waals surface area contributed by atoms with Crippen molar-refractivity contribution in [1.29, 1.82) is 0 Å². The third-order valence-electron chi connectivity index (χ3n) is 2.15. The predicted molar refractivity (Wildman–Crippen MR) is 44.8 cm³/mol. The van der Waals surface area contributed by atoms with Gasteiger partial charge in [0.25, 0.3) is 0 Å². The number of alkyl halides is 3. The molecule has 0 aliphatic carbocycles. The molecule has 0 radical (unpaired) electrons. The first-order chi connectivity index (χ1) is 5.52. The molecule has 80 valence electrons. The molecule has 0 aromatic carbocycles. The van der Waals surface area contributed by atoms with Gasteiger partial charge in [-0.3, -0.25) is 0 Å². The first-order valence-electron chi connectivity index (χ1n) is 3.92. The summed E-state index contributed by atoms with van der Waals surface area (Å²) in [6.07, 6.45) is -3.43. The van der Waals surface area contributed by atoms with Gasteiger partial charge in [-0.15, -0.1) is 12.4 Å². The highest BCUT2D eigenvalue weighted by molar-refractivity contribution is 5.85. The van der Waals surface area contributed by atoms with Crippen molar-refractivity contribution in [3.8, 4) is 0 Å². The highest BCUT2D eigenvalue weighted by Gasteiger charge is 2.42. The van der Waals surface area contributed by atoms with E-state index in [0.717, 1.165) is 0 Å². The lowest BCUT2D eigenvalue weighted by Crippen LogP contribution is -2.45. The molecular formula is C7H13ClF3NO. The van der Waals surface area contributed by atoms with Gasteiger partial charge in [0.1, 0.15) is 6.04 Å². The quantitative estimate of drug-likeness (QED) is 0.729. The van der Waals surface area contributed by atoms with Crippen molar-refractivity contribution in [3.05, 3.63) is 0 Å². The molecular weight excluding hydrogens is 207 g/mol. The van der Waals surface area contributed by atoms with Gasteiger partial charge in [-0.05, 0) is 18.8 Å². The van der Waals surface area contributed by atoms with Gasteiger partial charge in [0, 0.05) is 13.2 Å². The third-order valence-corrected chi connectivity index (χ3v) is 2.15. The van der Waals surface area contributed by atoms with E-state index in [-0.39, 0.29) is 12.4 Å². The Morgan fingerprint density at radius 1 is 1.23 bits per heavy atom. The Kier molecular flexibility index (Phi) is 5.02. The van der Waals surface area contributed by atoms with Gasteiger partial charge < -0.3 is 10.5 Å². The minimum Gasteiger partial charge on any atom is -0.381 e. The van der Waals surface area contributed by atoms with Crippen LogP contribution in [0.4, 0.5) is 13.2 Å². The molecule has 1 fully saturated rings. The predicted octanol–water partition coefficient (Wildman–Crippen LogP) is 1.72. The minimum absolute atomic E-state index is 0. The summed E-state index contributed by atoms with van der Waals surface area (Å²) in [4.78, 5) is 0. The van der Waals surface area contributed by atoms with Crippen LogP contribution in [-0.4, -0.2) is 25.4 Å². The van der Waals surface area contributed by atoms with Crippen LogP contribution in [0.15, 0.2) is 0 Å². The highest BCUT2D eigenvalue weighted by Crippen LogP contribution is 2.29. The van der Waals surface area contributed by atoms with Gasteiger partial charge in [0.15, 0.2) is 0 Å². The fourth-order valence-corrected chi connectivity index (χ4v) is 1.34. The van der Waals surface area contributed by atoms with Gasteiger partial charge in [-0.2, -0.15) is 13.2 Å². The molecule has 1 aliphatic heterocycles. The van der Waals surface area contributed by atoms with Crippen molar-refractivity contribution >= 4 is 12.4 Å². The van der Waals surface area contributed by atoms with Crippen LogP contribution < -0.4 is 5.73 Å². The average Bonchev–Trinajstić information content (AvgIpc) is 2.03. The lowest BCUT2D eigenvalue weighted by atomic mass is 9.92. The van der Waals surface area contributed by atoms with E-state index in [1.165, 1.54) is 0 Å². The Labute approximate surface area is 81.0 Å². The molecule has 2 nitrogen and oxygen atoms in total. The summed E-state index contributed by atoms with van der Waals surface area (Å²) in [6.45, 7) is 0.795. The van der Waals surface area contributed by atoms with Gasteiger partial charge in [0.2, 0.25) is 0 Å². The van der Waals surface area contributed by atoms with Crippen LogP contribution in [0.25, 0.3) is 0 Å². The van der Waals surface area contributed by atoms with E-state index < -0.39 is 18.1 Å². The normalized spacial score (nSPS) is 22.2. The van der Waals surface area contributed by atoms with E-state index in [4.69, 9.17) is 10.5 Å². The first kappa shape index (κ1) is 13.0. The van der Waals surface area contributed by atoms with Gasteiger partial charge >= 0.3 is 6.18 Å². The summed E-state index contributed by atoms with van der Waals surface area (Å²) in [6, 6.07) is -1.68. The van der Waals surface area contributed by atoms with E-state index in [2.05, 4.69) is 0 Å². The lowest BCUT2D eigenvalue weighted by molar-refractivity contribution is -0.165. The summed E-state index contributed by atoms with van der Waals surface area (Å²) in [7, 11) is 0. The lowest BCUT2D eigenvalue weighted by Gasteiger charge is -2.28. The Bertz CT molecular complexity index is 147. The fourth-order valence-electron chi connectivity index (χ4n) is 1.34. The topological polar surface area (TPSA) is 35.2 Å². The molecule has 0 amide bonds. The molecule has 0 unspecified atom stereocenters. The average molecular weight is 220 g/mol. The molecule has 1 atom stereocenters. The molecule has 6 heteroatoms. The van der Waals surface area contributed by atoms with Crippen LogP contribution in [0.1, 0.15) is 12.8 Å². The second kappa shape index (κ2) is 5.02. The van der Waals surface area contributed by atoms with Crippen LogP contribution in [0.5, 0.6) is 0 Å². The number of hydrogen-bond acceptors (Lipinski definition) is 2. The standard InChI is InChI=1S/C7H12F3NO.ClH/c8-7(9,10)6(11)5-1-3-12-4-2-5;/h5-6H,1-4,11H2;1H/t6-;/m1./s1. The molecule has 1 aliphatic rings. The van der Waals surface area contributed by atoms with E-state index in [1.807, 2.05) is 0 Å². The molecule has 0 aromatic rings.